The van der Waals surface area contributed by atoms with Crippen molar-refractivity contribution in [2.24, 2.45) is 5.73 Å². The van der Waals surface area contributed by atoms with Gasteiger partial charge in [-0.05, 0) is 31.9 Å². The fourth-order valence-electron chi connectivity index (χ4n) is 1.89. The molecule has 102 valence electrons. The van der Waals surface area contributed by atoms with E-state index >= 15 is 0 Å². The van der Waals surface area contributed by atoms with Crippen LogP contribution in [0.1, 0.15) is 16.7 Å². The van der Waals surface area contributed by atoms with E-state index in [0.29, 0.717) is 0 Å². The SMILES string of the molecule is COC(CN)C(=O)Nc1c(C)cc(C)cc1C.Cl. The highest BCUT2D eigenvalue weighted by Gasteiger charge is 2.17. The number of carbonyl (C=O) groups excluding carboxylic acids is 1. The number of aryl methyl sites for hydroxylation is 3. The van der Waals surface area contributed by atoms with Gasteiger partial charge in [-0.3, -0.25) is 4.79 Å². The van der Waals surface area contributed by atoms with Gasteiger partial charge in [-0.1, -0.05) is 17.7 Å². The van der Waals surface area contributed by atoms with Crippen molar-refractivity contribution in [2.45, 2.75) is 26.9 Å². The number of hydrogen-bond donors (Lipinski definition) is 2. The zero-order valence-corrected chi connectivity index (χ0v) is 12.1. The molecule has 1 unspecified atom stereocenters. The van der Waals surface area contributed by atoms with Crippen LogP contribution in [0.4, 0.5) is 5.69 Å². The molecular weight excluding hydrogens is 252 g/mol. The van der Waals surface area contributed by atoms with Crippen LogP contribution in [0.25, 0.3) is 0 Å². The third kappa shape index (κ3) is 3.98. The second-order valence-corrected chi connectivity index (χ2v) is 4.22. The number of anilines is 1. The summed E-state index contributed by atoms with van der Waals surface area (Å²) in [6.07, 6.45) is -0.602. The zero-order valence-electron chi connectivity index (χ0n) is 11.2. The lowest BCUT2D eigenvalue weighted by Gasteiger charge is -2.16. The number of hydrogen-bond acceptors (Lipinski definition) is 3. The molecule has 1 amide bonds. The number of benzene rings is 1. The van der Waals surface area contributed by atoms with Crippen LogP contribution >= 0.6 is 12.4 Å². The molecule has 1 rings (SSSR count). The fourth-order valence-corrected chi connectivity index (χ4v) is 1.89. The summed E-state index contributed by atoms with van der Waals surface area (Å²) in [5.74, 6) is -0.204. The molecule has 18 heavy (non-hydrogen) atoms. The van der Waals surface area contributed by atoms with Crippen molar-refractivity contribution < 1.29 is 9.53 Å². The highest BCUT2D eigenvalue weighted by atomic mass is 35.5. The van der Waals surface area contributed by atoms with E-state index in [9.17, 15) is 4.79 Å². The zero-order chi connectivity index (χ0) is 13.0. The van der Waals surface area contributed by atoms with Crippen LogP contribution in [0.2, 0.25) is 0 Å². The molecule has 0 saturated heterocycles. The van der Waals surface area contributed by atoms with E-state index in [1.165, 1.54) is 12.7 Å². The van der Waals surface area contributed by atoms with Gasteiger partial charge in [0.25, 0.3) is 5.91 Å². The van der Waals surface area contributed by atoms with Crippen LogP contribution in [0, 0.1) is 20.8 Å². The van der Waals surface area contributed by atoms with Gasteiger partial charge in [0.15, 0.2) is 0 Å². The molecule has 0 saturated carbocycles. The number of methoxy groups -OCH3 is 1. The van der Waals surface area contributed by atoms with Gasteiger partial charge in [0.2, 0.25) is 0 Å². The van der Waals surface area contributed by atoms with E-state index in [2.05, 4.69) is 5.32 Å². The first-order chi connectivity index (χ1) is 7.99. The van der Waals surface area contributed by atoms with Crippen molar-refractivity contribution in [3.63, 3.8) is 0 Å². The van der Waals surface area contributed by atoms with Crippen molar-refractivity contribution in [3.05, 3.63) is 28.8 Å². The molecule has 0 aliphatic carbocycles. The average molecular weight is 273 g/mol. The van der Waals surface area contributed by atoms with Gasteiger partial charge < -0.3 is 15.8 Å². The van der Waals surface area contributed by atoms with E-state index in [-0.39, 0.29) is 24.9 Å². The number of carbonyl (C=O) groups is 1. The predicted molar refractivity (Wildman–Crippen MR) is 76.4 cm³/mol. The molecule has 1 aromatic rings. The van der Waals surface area contributed by atoms with Crippen molar-refractivity contribution >= 4 is 24.0 Å². The van der Waals surface area contributed by atoms with Crippen LogP contribution in [-0.4, -0.2) is 25.7 Å². The fraction of sp³-hybridized carbons (Fsp3) is 0.462. The first-order valence-corrected chi connectivity index (χ1v) is 5.61. The lowest BCUT2D eigenvalue weighted by atomic mass is 10.0. The van der Waals surface area contributed by atoms with E-state index in [1.807, 2.05) is 32.9 Å². The summed E-state index contributed by atoms with van der Waals surface area (Å²) in [4.78, 5) is 11.8. The summed E-state index contributed by atoms with van der Waals surface area (Å²) < 4.78 is 5.00. The summed E-state index contributed by atoms with van der Waals surface area (Å²) >= 11 is 0. The Bertz CT molecular complexity index is 394. The highest BCUT2D eigenvalue weighted by molar-refractivity contribution is 5.95. The standard InChI is InChI=1S/C13H20N2O2.ClH/c1-8-5-9(2)12(10(3)6-8)15-13(16)11(7-14)17-4;/h5-6,11H,7,14H2,1-4H3,(H,15,16);1H. The molecule has 0 aliphatic rings. The summed E-state index contributed by atoms with van der Waals surface area (Å²) in [7, 11) is 1.48. The van der Waals surface area contributed by atoms with Crippen LogP contribution < -0.4 is 11.1 Å². The number of halogens is 1. The molecule has 0 bridgehead atoms. The number of rotatable bonds is 4. The van der Waals surface area contributed by atoms with Crippen LogP contribution in [0.15, 0.2) is 12.1 Å². The van der Waals surface area contributed by atoms with Crippen molar-refractivity contribution in [3.8, 4) is 0 Å². The predicted octanol–water partition coefficient (Wildman–Crippen LogP) is 1.95. The summed E-state index contributed by atoms with van der Waals surface area (Å²) in [5, 5.41) is 2.86. The van der Waals surface area contributed by atoms with Crippen molar-refractivity contribution in [1.82, 2.24) is 0 Å². The molecule has 5 heteroatoms. The third-order valence-corrected chi connectivity index (χ3v) is 2.72. The number of nitrogens with two attached hydrogens (primary N) is 1. The Hall–Kier alpha value is -1.10. The molecule has 0 aromatic heterocycles. The maximum Gasteiger partial charge on any atom is 0.254 e. The molecule has 0 heterocycles. The Balaban J connectivity index is 0.00000289. The molecular formula is C13H21ClN2O2. The molecule has 1 aromatic carbocycles. The summed E-state index contributed by atoms with van der Waals surface area (Å²) in [6, 6.07) is 4.07. The second-order valence-electron chi connectivity index (χ2n) is 4.22. The maximum absolute atomic E-state index is 11.8. The number of nitrogens with one attached hydrogen (secondary N) is 1. The van der Waals surface area contributed by atoms with Crippen LogP contribution in [0.3, 0.4) is 0 Å². The summed E-state index contributed by atoms with van der Waals surface area (Å²) in [5.41, 5.74) is 9.56. The van der Waals surface area contributed by atoms with Gasteiger partial charge in [-0.25, -0.2) is 0 Å². The molecule has 0 radical (unpaired) electrons. The van der Waals surface area contributed by atoms with E-state index < -0.39 is 6.10 Å². The molecule has 0 aliphatic heterocycles. The largest absolute Gasteiger partial charge is 0.370 e. The first kappa shape index (κ1) is 16.9. The van der Waals surface area contributed by atoms with Gasteiger partial charge in [0.05, 0.1) is 0 Å². The smallest absolute Gasteiger partial charge is 0.254 e. The minimum atomic E-state index is -0.602. The Kier molecular flexibility index (Phi) is 6.91. The van der Waals surface area contributed by atoms with Gasteiger partial charge in [-0.15, -0.1) is 12.4 Å². The third-order valence-electron chi connectivity index (χ3n) is 2.72. The lowest BCUT2D eigenvalue weighted by molar-refractivity contribution is -0.125. The minimum Gasteiger partial charge on any atom is -0.370 e. The normalized spacial score (nSPS) is 11.6. The molecule has 0 spiro atoms. The molecule has 1 atom stereocenters. The van der Waals surface area contributed by atoms with Crippen LogP contribution in [-0.2, 0) is 9.53 Å². The van der Waals surface area contributed by atoms with Crippen molar-refractivity contribution in [1.29, 1.82) is 0 Å². The van der Waals surface area contributed by atoms with Crippen molar-refractivity contribution in [2.75, 3.05) is 19.0 Å². The summed E-state index contributed by atoms with van der Waals surface area (Å²) in [6.45, 7) is 6.15. The van der Waals surface area contributed by atoms with E-state index in [4.69, 9.17) is 10.5 Å². The number of amides is 1. The topological polar surface area (TPSA) is 64.3 Å². The van der Waals surface area contributed by atoms with Crippen LogP contribution in [0.5, 0.6) is 0 Å². The lowest BCUT2D eigenvalue weighted by Crippen LogP contribution is -2.36. The molecule has 4 nitrogen and oxygen atoms in total. The molecule has 3 N–H and O–H groups in total. The monoisotopic (exact) mass is 272 g/mol. The Labute approximate surface area is 114 Å². The first-order valence-electron chi connectivity index (χ1n) is 5.61. The number of ether oxygens (including phenoxy) is 1. The van der Waals surface area contributed by atoms with Gasteiger partial charge in [0, 0.05) is 19.3 Å². The quantitative estimate of drug-likeness (QED) is 0.880. The second kappa shape index (κ2) is 7.36. The average Bonchev–Trinajstić information content (AvgIpc) is 2.25. The Morgan fingerprint density at radius 1 is 1.33 bits per heavy atom. The highest BCUT2D eigenvalue weighted by Crippen LogP contribution is 2.22. The van der Waals surface area contributed by atoms with Gasteiger partial charge in [0.1, 0.15) is 6.10 Å². The maximum atomic E-state index is 11.8. The van der Waals surface area contributed by atoms with E-state index in [1.54, 1.807) is 0 Å². The van der Waals surface area contributed by atoms with E-state index in [0.717, 1.165) is 16.8 Å². The molecule has 0 fully saturated rings. The Morgan fingerprint density at radius 3 is 2.22 bits per heavy atom. The van der Waals surface area contributed by atoms with Gasteiger partial charge in [-0.2, -0.15) is 0 Å². The minimum absolute atomic E-state index is 0. The van der Waals surface area contributed by atoms with Gasteiger partial charge >= 0.3 is 0 Å². The Morgan fingerprint density at radius 2 is 1.83 bits per heavy atom.